The van der Waals surface area contributed by atoms with Gasteiger partial charge in [0.2, 0.25) is 0 Å². The van der Waals surface area contributed by atoms with Crippen LogP contribution in [0.3, 0.4) is 0 Å². The van der Waals surface area contributed by atoms with Crippen LogP contribution in [0.5, 0.6) is 0 Å². The lowest BCUT2D eigenvalue weighted by molar-refractivity contribution is -0.112. The van der Waals surface area contributed by atoms with Crippen molar-refractivity contribution in [3.63, 3.8) is 0 Å². The summed E-state index contributed by atoms with van der Waals surface area (Å²) in [7, 11) is -3.04. The van der Waals surface area contributed by atoms with Crippen LogP contribution < -0.4 is 5.32 Å². The van der Waals surface area contributed by atoms with Gasteiger partial charge in [0.1, 0.15) is 11.6 Å². The molecule has 1 fully saturated rings. The first kappa shape index (κ1) is 19.8. The van der Waals surface area contributed by atoms with Crippen LogP contribution in [0, 0.1) is 32.1 Å². The molecular formula is C20H22N4O3S. The van der Waals surface area contributed by atoms with Gasteiger partial charge in [0.15, 0.2) is 9.84 Å². The maximum Gasteiger partial charge on any atom is 0.266 e. The van der Waals surface area contributed by atoms with Crippen molar-refractivity contribution in [1.82, 2.24) is 9.78 Å². The molecule has 1 N–H and O–H groups in total. The van der Waals surface area contributed by atoms with Gasteiger partial charge >= 0.3 is 0 Å². The molecule has 1 saturated heterocycles. The molecule has 2 aromatic rings. The molecule has 3 rings (SSSR count). The Morgan fingerprint density at radius 3 is 2.54 bits per heavy atom. The molecular weight excluding hydrogens is 376 g/mol. The Bertz CT molecular complexity index is 1090. The molecule has 7 nitrogen and oxygen atoms in total. The molecule has 1 atom stereocenters. The summed E-state index contributed by atoms with van der Waals surface area (Å²) < 4.78 is 25.3. The number of amides is 1. The molecule has 1 aromatic heterocycles. The van der Waals surface area contributed by atoms with E-state index in [0.29, 0.717) is 23.4 Å². The number of benzene rings is 1. The molecule has 0 radical (unpaired) electrons. The highest BCUT2D eigenvalue weighted by Crippen LogP contribution is 2.27. The zero-order valence-electron chi connectivity index (χ0n) is 16.1. The first-order chi connectivity index (χ1) is 13.2. The predicted octanol–water partition coefficient (Wildman–Crippen LogP) is 2.71. The first-order valence-corrected chi connectivity index (χ1v) is 10.8. The number of aromatic nitrogens is 2. The second-order valence-electron chi connectivity index (χ2n) is 7.08. The number of nitrogens with one attached hydrogen (secondary N) is 1. The van der Waals surface area contributed by atoms with Crippen molar-refractivity contribution >= 4 is 27.5 Å². The van der Waals surface area contributed by atoms with E-state index in [4.69, 9.17) is 0 Å². The normalized spacial score (nSPS) is 18.6. The summed E-state index contributed by atoms with van der Waals surface area (Å²) in [6.45, 7) is 5.56. The van der Waals surface area contributed by atoms with Crippen LogP contribution in [0.2, 0.25) is 0 Å². The number of hydrogen-bond donors (Lipinski definition) is 1. The van der Waals surface area contributed by atoms with E-state index >= 15 is 0 Å². The van der Waals surface area contributed by atoms with Gasteiger partial charge < -0.3 is 5.32 Å². The number of nitrogens with zero attached hydrogens (tertiary/aromatic N) is 3. The molecule has 0 spiro atoms. The lowest BCUT2D eigenvalue weighted by Gasteiger charge is -2.11. The van der Waals surface area contributed by atoms with Crippen molar-refractivity contribution in [3.8, 4) is 6.07 Å². The Hall–Kier alpha value is -2.92. The summed E-state index contributed by atoms with van der Waals surface area (Å²) in [5.74, 6) is -0.276. The van der Waals surface area contributed by atoms with E-state index in [1.54, 1.807) is 23.7 Å². The molecule has 0 bridgehead atoms. The second-order valence-corrected chi connectivity index (χ2v) is 9.30. The van der Waals surface area contributed by atoms with Crippen LogP contribution in [-0.2, 0) is 14.6 Å². The fourth-order valence-corrected chi connectivity index (χ4v) is 5.03. The van der Waals surface area contributed by atoms with Gasteiger partial charge in [-0.15, -0.1) is 0 Å². The Kier molecular flexibility index (Phi) is 5.38. The molecule has 146 valence electrons. The van der Waals surface area contributed by atoms with E-state index < -0.39 is 15.7 Å². The zero-order chi connectivity index (χ0) is 20.5. The van der Waals surface area contributed by atoms with Gasteiger partial charge in [-0.3, -0.25) is 9.48 Å². The maximum atomic E-state index is 12.5. The average Bonchev–Trinajstić information content (AvgIpc) is 3.14. The van der Waals surface area contributed by atoms with E-state index in [-0.39, 0.29) is 23.1 Å². The van der Waals surface area contributed by atoms with Gasteiger partial charge in [-0.1, -0.05) is 17.7 Å². The second kappa shape index (κ2) is 7.60. The molecule has 1 aliphatic rings. The van der Waals surface area contributed by atoms with Crippen molar-refractivity contribution in [1.29, 1.82) is 5.26 Å². The van der Waals surface area contributed by atoms with Crippen molar-refractivity contribution in [2.45, 2.75) is 33.2 Å². The lowest BCUT2D eigenvalue weighted by Crippen LogP contribution is -2.14. The summed E-state index contributed by atoms with van der Waals surface area (Å²) in [6.07, 6.45) is 2.04. The Morgan fingerprint density at radius 1 is 1.29 bits per heavy atom. The fourth-order valence-electron chi connectivity index (χ4n) is 3.34. The van der Waals surface area contributed by atoms with Crippen LogP contribution in [0.1, 0.15) is 35.0 Å². The minimum atomic E-state index is -3.04. The van der Waals surface area contributed by atoms with Gasteiger partial charge in [0.05, 0.1) is 23.2 Å². The van der Waals surface area contributed by atoms with Gasteiger partial charge in [-0.05, 0) is 45.4 Å². The van der Waals surface area contributed by atoms with Crippen molar-refractivity contribution < 1.29 is 13.2 Å². The molecule has 28 heavy (non-hydrogen) atoms. The molecule has 0 unspecified atom stereocenters. The molecule has 8 heteroatoms. The summed E-state index contributed by atoms with van der Waals surface area (Å²) >= 11 is 0. The first-order valence-electron chi connectivity index (χ1n) is 8.96. The number of hydrogen-bond acceptors (Lipinski definition) is 5. The fraction of sp³-hybridized carbons (Fsp3) is 0.350. The number of sulfone groups is 1. The largest absolute Gasteiger partial charge is 0.321 e. The monoisotopic (exact) mass is 398 g/mol. The highest BCUT2D eigenvalue weighted by molar-refractivity contribution is 7.91. The summed E-state index contributed by atoms with van der Waals surface area (Å²) in [6, 6.07) is 9.03. The minimum Gasteiger partial charge on any atom is -0.321 e. The zero-order valence-corrected chi connectivity index (χ0v) is 16.9. The molecule has 0 aliphatic carbocycles. The predicted molar refractivity (Wildman–Crippen MR) is 107 cm³/mol. The Labute approximate surface area is 164 Å². The van der Waals surface area contributed by atoms with Crippen molar-refractivity contribution in [3.05, 3.63) is 52.4 Å². The van der Waals surface area contributed by atoms with Gasteiger partial charge in [0.25, 0.3) is 5.91 Å². The van der Waals surface area contributed by atoms with E-state index in [0.717, 1.165) is 11.3 Å². The van der Waals surface area contributed by atoms with E-state index in [1.165, 1.54) is 6.08 Å². The number of aryl methyl sites for hydroxylation is 2. The smallest absolute Gasteiger partial charge is 0.266 e. The van der Waals surface area contributed by atoms with E-state index in [9.17, 15) is 18.5 Å². The SMILES string of the molecule is Cc1ccc(NC(=O)/C(C#N)=C/c2c(C)nn([C@H]3CCS(=O)(=O)C3)c2C)cc1. The van der Waals surface area contributed by atoms with Crippen LogP contribution in [0.25, 0.3) is 6.08 Å². The van der Waals surface area contributed by atoms with E-state index in [1.807, 2.05) is 32.0 Å². The van der Waals surface area contributed by atoms with Crippen LogP contribution in [0.4, 0.5) is 5.69 Å². The minimum absolute atomic E-state index is 0.0367. The standard InChI is InChI=1S/C20H22N4O3S/c1-13-4-6-17(7-5-13)22-20(25)16(11-21)10-19-14(2)23-24(15(19)3)18-8-9-28(26,27)12-18/h4-7,10,18H,8-9,12H2,1-3H3,(H,22,25)/b16-10+/t18-/m0/s1. The maximum absolute atomic E-state index is 12.5. The molecule has 1 amide bonds. The highest BCUT2D eigenvalue weighted by atomic mass is 32.2. The van der Waals surface area contributed by atoms with Gasteiger partial charge in [0, 0.05) is 16.9 Å². The average molecular weight is 398 g/mol. The van der Waals surface area contributed by atoms with E-state index in [2.05, 4.69) is 10.4 Å². The highest BCUT2D eigenvalue weighted by Gasteiger charge is 2.31. The molecule has 1 aromatic carbocycles. The third-order valence-electron chi connectivity index (χ3n) is 4.90. The third-order valence-corrected chi connectivity index (χ3v) is 6.65. The summed E-state index contributed by atoms with van der Waals surface area (Å²) in [5, 5.41) is 16.6. The number of nitriles is 1. The Balaban J connectivity index is 1.87. The summed E-state index contributed by atoms with van der Waals surface area (Å²) in [5.41, 5.74) is 3.71. The van der Waals surface area contributed by atoms with Gasteiger partial charge in [-0.2, -0.15) is 10.4 Å². The number of rotatable bonds is 4. The van der Waals surface area contributed by atoms with Gasteiger partial charge in [-0.25, -0.2) is 8.42 Å². The van der Waals surface area contributed by atoms with Crippen molar-refractivity contribution in [2.24, 2.45) is 0 Å². The van der Waals surface area contributed by atoms with Crippen LogP contribution in [-0.4, -0.2) is 35.6 Å². The van der Waals surface area contributed by atoms with Crippen LogP contribution >= 0.6 is 0 Å². The quantitative estimate of drug-likeness (QED) is 0.630. The van der Waals surface area contributed by atoms with Crippen LogP contribution in [0.15, 0.2) is 29.8 Å². The number of carbonyl (C=O) groups is 1. The number of anilines is 1. The summed E-state index contributed by atoms with van der Waals surface area (Å²) in [4.78, 5) is 12.5. The third kappa shape index (κ3) is 4.15. The molecule has 2 heterocycles. The lowest BCUT2D eigenvalue weighted by atomic mass is 10.1. The molecule has 0 saturated carbocycles. The molecule has 1 aliphatic heterocycles. The Morgan fingerprint density at radius 2 is 1.96 bits per heavy atom. The number of carbonyl (C=O) groups excluding carboxylic acids is 1. The topological polar surface area (TPSA) is 105 Å². The van der Waals surface area contributed by atoms with Crippen molar-refractivity contribution in [2.75, 3.05) is 16.8 Å².